The zero-order valence-corrected chi connectivity index (χ0v) is 16.4. The van der Waals surface area contributed by atoms with Gasteiger partial charge in [0.15, 0.2) is 0 Å². The van der Waals surface area contributed by atoms with Crippen molar-refractivity contribution in [3.63, 3.8) is 0 Å². The summed E-state index contributed by atoms with van der Waals surface area (Å²) in [6.07, 6.45) is -0.932. The number of sulfonamides is 1. The van der Waals surface area contributed by atoms with Gasteiger partial charge in [0, 0.05) is 16.8 Å². The van der Waals surface area contributed by atoms with Crippen molar-refractivity contribution in [2.75, 3.05) is 13.7 Å². The van der Waals surface area contributed by atoms with Gasteiger partial charge in [-0.3, -0.25) is 0 Å². The fourth-order valence-corrected chi connectivity index (χ4v) is 5.05. The summed E-state index contributed by atoms with van der Waals surface area (Å²) in [5, 5.41) is 13.3. The van der Waals surface area contributed by atoms with Gasteiger partial charge in [-0.1, -0.05) is 18.2 Å². The van der Waals surface area contributed by atoms with Crippen LogP contribution in [0.3, 0.4) is 0 Å². The minimum atomic E-state index is -3.81. The maximum absolute atomic E-state index is 12.7. The normalized spacial score (nSPS) is 13.1. The molecule has 0 aliphatic rings. The van der Waals surface area contributed by atoms with Crippen LogP contribution in [0.15, 0.2) is 46.7 Å². The summed E-state index contributed by atoms with van der Waals surface area (Å²) >= 11 is 1.52. The highest BCUT2D eigenvalue weighted by Crippen LogP contribution is 2.31. The maximum atomic E-state index is 12.7. The lowest BCUT2D eigenvalue weighted by molar-refractivity contribution is 0.184. The van der Waals surface area contributed by atoms with Gasteiger partial charge in [0.2, 0.25) is 10.0 Å². The summed E-state index contributed by atoms with van der Waals surface area (Å²) < 4.78 is 34.2. The van der Waals surface area contributed by atoms with E-state index in [1.54, 1.807) is 12.1 Å². The third-order valence-corrected chi connectivity index (χ3v) is 6.83. The minimum absolute atomic E-state index is 0.0745. The number of thiophene rings is 1. The SMILES string of the molecule is COc1cc(C)c(C)cc1S(=O)(=O)NC[C@@H](O)c1csc2ccccc12. The summed E-state index contributed by atoms with van der Waals surface area (Å²) in [4.78, 5) is 0.0745. The summed E-state index contributed by atoms with van der Waals surface area (Å²) in [7, 11) is -2.37. The second-order valence-corrected chi connectivity index (χ2v) is 8.79. The van der Waals surface area contributed by atoms with E-state index in [4.69, 9.17) is 4.74 Å². The Hall–Kier alpha value is -1.93. The first-order valence-corrected chi connectivity index (χ1v) is 10.5. The molecule has 26 heavy (non-hydrogen) atoms. The second kappa shape index (κ2) is 7.36. The summed E-state index contributed by atoms with van der Waals surface area (Å²) in [6, 6.07) is 11.0. The molecule has 5 nitrogen and oxygen atoms in total. The van der Waals surface area contributed by atoms with Crippen LogP contribution >= 0.6 is 11.3 Å². The summed E-state index contributed by atoms with van der Waals surface area (Å²) in [6.45, 7) is 3.63. The fourth-order valence-electron chi connectivity index (χ4n) is 2.77. The van der Waals surface area contributed by atoms with Gasteiger partial charge < -0.3 is 9.84 Å². The molecule has 0 aliphatic carbocycles. The Balaban J connectivity index is 1.83. The van der Waals surface area contributed by atoms with Gasteiger partial charge in [0.05, 0.1) is 13.2 Å². The fraction of sp³-hybridized carbons (Fsp3) is 0.263. The molecule has 0 aliphatic heterocycles. The van der Waals surface area contributed by atoms with Crippen LogP contribution in [0.5, 0.6) is 5.75 Å². The highest BCUT2D eigenvalue weighted by Gasteiger charge is 2.22. The van der Waals surface area contributed by atoms with Gasteiger partial charge in [0.25, 0.3) is 0 Å². The van der Waals surface area contributed by atoms with Crippen molar-refractivity contribution in [3.8, 4) is 5.75 Å². The van der Waals surface area contributed by atoms with Gasteiger partial charge >= 0.3 is 0 Å². The molecule has 0 fully saturated rings. The Kier molecular flexibility index (Phi) is 5.34. The lowest BCUT2D eigenvalue weighted by Crippen LogP contribution is -2.29. The molecule has 0 amide bonds. The Morgan fingerprint density at radius 3 is 2.62 bits per heavy atom. The molecule has 3 aromatic rings. The van der Waals surface area contributed by atoms with E-state index in [9.17, 15) is 13.5 Å². The molecular formula is C19H21NO4S2. The molecule has 2 N–H and O–H groups in total. The van der Waals surface area contributed by atoms with E-state index in [-0.39, 0.29) is 17.2 Å². The first-order valence-electron chi connectivity index (χ1n) is 8.12. The predicted molar refractivity (Wildman–Crippen MR) is 104 cm³/mol. The first-order chi connectivity index (χ1) is 12.3. The second-order valence-electron chi connectivity index (χ2n) is 6.14. The zero-order valence-electron chi connectivity index (χ0n) is 14.8. The van der Waals surface area contributed by atoms with Crippen molar-refractivity contribution < 1.29 is 18.3 Å². The maximum Gasteiger partial charge on any atom is 0.244 e. The minimum Gasteiger partial charge on any atom is -0.495 e. The first kappa shape index (κ1) is 18.8. The predicted octanol–water partition coefficient (Wildman–Crippen LogP) is 3.54. The number of fused-ring (bicyclic) bond motifs is 1. The topological polar surface area (TPSA) is 75.6 Å². The Bertz CT molecular complexity index is 1040. The molecule has 0 unspecified atom stereocenters. The van der Waals surface area contributed by atoms with E-state index in [0.29, 0.717) is 0 Å². The number of rotatable bonds is 6. The van der Waals surface area contributed by atoms with Gasteiger partial charge in [0.1, 0.15) is 10.6 Å². The van der Waals surface area contributed by atoms with Gasteiger partial charge in [-0.25, -0.2) is 13.1 Å². The number of benzene rings is 2. The molecule has 1 atom stereocenters. The number of nitrogens with one attached hydrogen (secondary N) is 1. The van der Waals surface area contributed by atoms with E-state index in [1.165, 1.54) is 18.4 Å². The van der Waals surface area contributed by atoms with Crippen LogP contribution in [-0.4, -0.2) is 27.2 Å². The average Bonchev–Trinajstić information content (AvgIpc) is 3.05. The van der Waals surface area contributed by atoms with E-state index >= 15 is 0 Å². The molecule has 7 heteroatoms. The van der Waals surface area contributed by atoms with Crippen LogP contribution in [0, 0.1) is 13.8 Å². The number of hydrogen-bond donors (Lipinski definition) is 2. The van der Waals surface area contributed by atoms with Crippen LogP contribution in [0.1, 0.15) is 22.8 Å². The number of hydrogen-bond acceptors (Lipinski definition) is 5. The standard InChI is InChI=1S/C19H21NO4S2/c1-12-8-17(24-3)19(9-13(12)2)26(22,23)20-10-16(21)15-11-25-18-7-5-4-6-14(15)18/h4-9,11,16,20-21H,10H2,1-3H3/t16-/m1/s1. The van der Waals surface area contributed by atoms with Crippen molar-refractivity contribution in [3.05, 3.63) is 58.5 Å². The molecular weight excluding hydrogens is 370 g/mol. The third kappa shape index (κ3) is 3.61. The van der Waals surface area contributed by atoms with Gasteiger partial charge in [-0.05, 0) is 53.9 Å². The average molecular weight is 392 g/mol. The van der Waals surface area contributed by atoms with Crippen molar-refractivity contribution >= 4 is 31.4 Å². The molecule has 3 rings (SSSR count). The van der Waals surface area contributed by atoms with Crippen molar-refractivity contribution in [1.82, 2.24) is 4.72 Å². The van der Waals surface area contributed by atoms with Crippen LogP contribution in [0.2, 0.25) is 0 Å². The lowest BCUT2D eigenvalue weighted by Gasteiger charge is -2.15. The number of methoxy groups -OCH3 is 1. The molecule has 0 radical (unpaired) electrons. The molecule has 138 valence electrons. The number of aliphatic hydroxyl groups is 1. The Morgan fingerprint density at radius 1 is 1.19 bits per heavy atom. The number of aliphatic hydroxyl groups excluding tert-OH is 1. The van der Waals surface area contributed by atoms with Crippen molar-refractivity contribution in [2.24, 2.45) is 0 Å². The van der Waals surface area contributed by atoms with Crippen molar-refractivity contribution in [2.45, 2.75) is 24.8 Å². The largest absolute Gasteiger partial charge is 0.495 e. The summed E-state index contributed by atoms with van der Waals surface area (Å²) in [5.41, 5.74) is 2.53. The van der Waals surface area contributed by atoms with Crippen molar-refractivity contribution in [1.29, 1.82) is 0 Å². The van der Waals surface area contributed by atoms with Crippen LogP contribution < -0.4 is 9.46 Å². The zero-order chi connectivity index (χ0) is 18.9. The molecule has 0 bridgehead atoms. The molecule has 1 aromatic heterocycles. The Labute approximate surface area is 157 Å². The van der Waals surface area contributed by atoms with Gasteiger partial charge in [-0.2, -0.15) is 0 Å². The lowest BCUT2D eigenvalue weighted by atomic mass is 10.1. The highest BCUT2D eigenvalue weighted by molar-refractivity contribution is 7.89. The molecule has 2 aromatic carbocycles. The molecule has 0 saturated carbocycles. The highest BCUT2D eigenvalue weighted by atomic mass is 32.2. The van der Waals surface area contributed by atoms with E-state index in [0.717, 1.165) is 26.8 Å². The smallest absolute Gasteiger partial charge is 0.244 e. The quantitative estimate of drug-likeness (QED) is 0.674. The van der Waals surface area contributed by atoms with E-state index in [1.807, 2.05) is 43.5 Å². The van der Waals surface area contributed by atoms with Crippen LogP contribution in [-0.2, 0) is 10.0 Å². The third-order valence-electron chi connectivity index (χ3n) is 4.41. The van der Waals surface area contributed by atoms with Crippen LogP contribution in [0.25, 0.3) is 10.1 Å². The molecule has 0 spiro atoms. The van der Waals surface area contributed by atoms with E-state index < -0.39 is 16.1 Å². The molecule has 1 heterocycles. The monoisotopic (exact) mass is 391 g/mol. The van der Waals surface area contributed by atoms with E-state index in [2.05, 4.69) is 4.72 Å². The Morgan fingerprint density at radius 2 is 1.88 bits per heavy atom. The molecule has 0 saturated heterocycles. The van der Waals surface area contributed by atoms with Gasteiger partial charge in [-0.15, -0.1) is 11.3 Å². The number of aryl methyl sites for hydroxylation is 2. The van der Waals surface area contributed by atoms with Crippen LogP contribution in [0.4, 0.5) is 0 Å². The number of ether oxygens (including phenoxy) is 1. The summed E-state index contributed by atoms with van der Waals surface area (Å²) in [5.74, 6) is 0.288.